The van der Waals surface area contributed by atoms with Crippen molar-refractivity contribution >= 4 is 11.9 Å². The molecule has 0 aromatic rings. The number of hydrogen-bond acceptors (Lipinski definition) is 2. The van der Waals surface area contributed by atoms with Gasteiger partial charge in [0.25, 0.3) is 0 Å². The topological polar surface area (TPSA) is 74.6 Å². The Hall–Kier alpha value is -1.32. The van der Waals surface area contributed by atoms with Crippen LogP contribution in [0.4, 0.5) is 0 Å². The van der Waals surface area contributed by atoms with Gasteiger partial charge < -0.3 is 10.2 Å². The average molecular weight is 172 g/mol. The third-order valence-electron chi connectivity index (χ3n) is 1.49. The summed E-state index contributed by atoms with van der Waals surface area (Å²) in [5.41, 5.74) is 0. The van der Waals surface area contributed by atoms with Gasteiger partial charge in [0.1, 0.15) is 0 Å². The summed E-state index contributed by atoms with van der Waals surface area (Å²) in [4.78, 5) is 20.6. The normalized spacial score (nSPS) is 12.0. The largest absolute Gasteiger partial charge is 0.481 e. The van der Waals surface area contributed by atoms with Gasteiger partial charge >= 0.3 is 11.9 Å². The lowest BCUT2D eigenvalue weighted by molar-refractivity contribution is -0.148. The Morgan fingerprint density at radius 2 is 2.00 bits per heavy atom. The third-order valence-corrected chi connectivity index (χ3v) is 1.49. The monoisotopic (exact) mass is 172 g/mol. The van der Waals surface area contributed by atoms with Crippen molar-refractivity contribution in [1.82, 2.24) is 0 Å². The van der Waals surface area contributed by atoms with Crippen molar-refractivity contribution in [1.29, 1.82) is 0 Å². The van der Waals surface area contributed by atoms with Crippen molar-refractivity contribution in [3.63, 3.8) is 0 Å². The van der Waals surface area contributed by atoms with E-state index in [1.807, 2.05) is 0 Å². The van der Waals surface area contributed by atoms with Crippen LogP contribution in [0.15, 0.2) is 12.7 Å². The van der Waals surface area contributed by atoms with E-state index in [2.05, 4.69) is 6.58 Å². The first kappa shape index (κ1) is 10.7. The quantitative estimate of drug-likeness (QED) is 0.589. The minimum absolute atomic E-state index is 0.316. The Labute approximate surface area is 70.5 Å². The summed E-state index contributed by atoms with van der Waals surface area (Å²) in [5.74, 6) is -2.92. The Kier molecular flexibility index (Phi) is 4.76. The molecule has 0 aromatic heterocycles. The SMILES string of the molecule is C=CCC[C@@H](CC(=O)O)C(=O)O. The standard InChI is InChI=1S/C8H12O4/c1-2-3-4-6(8(11)12)5-7(9)10/h2,6H,1,3-5H2,(H,9,10)(H,11,12)/t6-/m0/s1. The van der Waals surface area contributed by atoms with E-state index in [1.54, 1.807) is 6.08 Å². The van der Waals surface area contributed by atoms with Crippen molar-refractivity contribution in [2.45, 2.75) is 19.3 Å². The molecule has 0 aliphatic heterocycles. The highest BCUT2D eigenvalue weighted by Crippen LogP contribution is 2.11. The van der Waals surface area contributed by atoms with Crippen molar-refractivity contribution in [3.05, 3.63) is 12.7 Å². The second-order valence-electron chi connectivity index (χ2n) is 2.50. The Bertz CT molecular complexity index is 185. The molecule has 0 radical (unpaired) electrons. The van der Waals surface area contributed by atoms with Crippen LogP contribution in [-0.2, 0) is 9.59 Å². The summed E-state index contributed by atoms with van der Waals surface area (Å²) >= 11 is 0. The van der Waals surface area contributed by atoms with Gasteiger partial charge in [-0.15, -0.1) is 6.58 Å². The van der Waals surface area contributed by atoms with Crippen LogP contribution in [-0.4, -0.2) is 22.2 Å². The van der Waals surface area contributed by atoms with E-state index in [4.69, 9.17) is 10.2 Å². The molecule has 0 saturated heterocycles. The van der Waals surface area contributed by atoms with Crippen LogP contribution in [0.1, 0.15) is 19.3 Å². The van der Waals surface area contributed by atoms with Gasteiger partial charge in [0.2, 0.25) is 0 Å². The molecule has 68 valence electrons. The highest BCUT2D eigenvalue weighted by molar-refractivity contribution is 5.77. The summed E-state index contributed by atoms with van der Waals surface area (Å²) in [6.45, 7) is 3.43. The van der Waals surface area contributed by atoms with Crippen molar-refractivity contribution in [3.8, 4) is 0 Å². The van der Waals surface area contributed by atoms with Crippen molar-refractivity contribution < 1.29 is 19.8 Å². The molecule has 0 fully saturated rings. The molecule has 0 heterocycles. The second kappa shape index (κ2) is 5.35. The first-order chi connectivity index (χ1) is 5.57. The molecule has 4 nitrogen and oxygen atoms in total. The number of carboxylic acid groups (broad SMARTS) is 2. The average Bonchev–Trinajstić information content (AvgIpc) is 1.96. The predicted octanol–water partition coefficient (Wildman–Crippen LogP) is 1.13. The summed E-state index contributed by atoms with van der Waals surface area (Å²) in [6, 6.07) is 0. The van der Waals surface area contributed by atoms with Gasteiger partial charge in [-0.25, -0.2) is 0 Å². The van der Waals surface area contributed by atoms with E-state index in [1.165, 1.54) is 0 Å². The van der Waals surface area contributed by atoms with Gasteiger partial charge in [-0.2, -0.15) is 0 Å². The third kappa shape index (κ3) is 4.49. The van der Waals surface area contributed by atoms with E-state index >= 15 is 0 Å². The summed E-state index contributed by atoms with van der Waals surface area (Å²) in [5, 5.41) is 16.9. The van der Waals surface area contributed by atoms with Gasteiger partial charge in [-0.1, -0.05) is 6.08 Å². The maximum atomic E-state index is 10.4. The highest BCUT2D eigenvalue weighted by Gasteiger charge is 2.19. The van der Waals surface area contributed by atoms with E-state index in [0.29, 0.717) is 12.8 Å². The number of aliphatic carboxylic acids is 2. The Morgan fingerprint density at radius 3 is 2.33 bits per heavy atom. The van der Waals surface area contributed by atoms with Crippen LogP contribution in [0.25, 0.3) is 0 Å². The minimum Gasteiger partial charge on any atom is -0.481 e. The molecule has 0 unspecified atom stereocenters. The smallest absolute Gasteiger partial charge is 0.307 e. The van der Waals surface area contributed by atoms with Crippen LogP contribution in [0.5, 0.6) is 0 Å². The number of carboxylic acids is 2. The fourth-order valence-corrected chi connectivity index (χ4v) is 0.843. The van der Waals surface area contributed by atoms with Gasteiger partial charge in [0.15, 0.2) is 0 Å². The van der Waals surface area contributed by atoms with Gasteiger partial charge in [-0.05, 0) is 12.8 Å². The number of carbonyl (C=O) groups is 2. The summed E-state index contributed by atoms with van der Waals surface area (Å²) < 4.78 is 0. The van der Waals surface area contributed by atoms with Crippen LogP contribution >= 0.6 is 0 Å². The lowest BCUT2D eigenvalue weighted by atomic mass is 10.00. The maximum Gasteiger partial charge on any atom is 0.307 e. The zero-order valence-electron chi connectivity index (χ0n) is 6.69. The molecular formula is C8H12O4. The molecule has 0 aliphatic carbocycles. The first-order valence-electron chi connectivity index (χ1n) is 3.63. The van der Waals surface area contributed by atoms with Crippen LogP contribution in [0.2, 0.25) is 0 Å². The molecule has 0 aliphatic rings. The van der Waals surface area contributed by atoms with Crippen LogP contribution in [0.3, 0.4) is 0 Å². The molecule has 1 atom stereocenters. The molecule has 0 saturated carbocycles. The van der Waals surface area contributed by atoms with Crippen molar-refractivity contribution in [2.75, 3.05) is 0 Å². The molecule has 2 N–H and O–H groups in total. The van der Waals surface area contributed by atoms with Gasteiger partial charge in [-0.3, -0.25) is 9.59 Å². The summed E-state index contributed by atoms with van der Waals surface area (Å²) in [6.07, 6.45) is 2.14. The van der Waals surface area contributed by atoms with E-state index in [-0.39, 0.29) is 6.42 Å². The number of rotatable bonds is 6. The van der Waals surface area contributed by atoms with Crippen LogP contribution in [0, 0.1) is 5.92 Å². The van der Waals surface area contributed by atoms with E-state index in [9.17, 15) is 9.59 Å². The fourth-order valence-electron chi connectivity index (χ4n) is 0.843. The lowest BCUT2D eigenvalue weighted by Gasteiger charge is -2.06. The Morgan fingerprint density at radius 1 is 1.42 bits per heavy atom. The summed E-state index contributed by atoms with van der Waals surface area (Å²) in [7, 11) is 0. The fraction of sp³-hybridized carbons (Fsp3) is 0.500. The van der Waals surface area contributed by atoms with E-state index in [0.717, 1.165) is 0 Å². The highest BCUT2D eigenvalue weighted by atomic mass is 16.4. The zero-order chi connectivity index (χ0) is 9.56. The lowest BCUT2D eigenvalue weighted by Crippen LogP contribution is -2.17. The zero-order valence-corrected chi connectivity index (χ0v) is 6.69. The second-order valence-corrected chi connectivity index (χ2v) is 2.50. The van der Waals surface area contributed by atoms with Gasteiger partial charge in [0, 0.05) is 0 Å². The molecule has 0 spiro atoms. The maximum absolute atomic E-state index is 10.4. The number of allylic oxidation sites excluding steroid dienone is 1. The molecule has 0 amide bonds. The number of hydrogen-bond donors (Lipinski definition) is 2. The van der Waals surface area contributed by atoms with Crippen molar-refractivity contribution in [2.24, 2.45) is 5.92 Å². The Balaban J connectivity index is 3.94. The van der Waals surface area contributed by atoms with Crippen LogP contribution < -0.4 is 0 Å². The predicted molar refractivity (Wildman–Crippen MR) is 42.8 cm³/mol. The molecule has 0 rings (SSSR count). The van der Waals surface area contributed by atoms with Gasteiger partial charge in [0.05, 0.1) is 12.3 Å². The minimum atomic E-state index is -1.08. The first-order valence-corrected chi connectivity index (χ1v) is 3.63. The van der Waals surface area contributed by atoms with E-state index < -0.39 is 17.9 Å². The molecule has 12 heavy (non-hydrogen) atoms. The molecule has 0 aromatic carbocycles. The molecular weight excluding hydrogens is 160 g/mol. The molecule has 4 heteroatoms. The molecule has 0 bridgehead atoms.